The number of nitrogens with two attached hydrogens (primary N) is 1. The van der Waals surface area contributed by atoms with E-state index in [9.17, 15) is 0 Å². The van der Waals surface area contributed by atoms with E-state index in [-0.39, 0.29) is 11.0 Å². The Bertz CT molecular complexity index is 554. The first-order valence-corrected chi connectivity index (χ1v) is 6.79. The Balaban J connectivity index is 2.40. The molecule has 0 saturated carbocycles. The Morgan fingerprint density at radius 3 is 1.85 bits per heavy atom. The summed E-state index contributed by atoms with van der Waals surface area (Å²) >= 11 is 4.79. The molecule has 102 valence electrons. The number of hydrogen-bond donors (Lipinski definition) is 2. The van der Waals surface area contributed by atoms with E-state index in [1.807, 2.05) is 43.3 Å². The fourth-order valence-electron chi connectivity index (χ4n) is 2.17. The lowest BCUT2D eigenvalue weighted by Gasteiger charge is -2.18. The van der Waals surface area contributed by atoms with Gasteiger partial charge in [-0.05, 0) is 30.3 Å². The molecule has 0 bridgehead atoms. The molecule has 2 aromatic carbocycles. The SMILES string of the molecule is CC(=NNC(N)=S)C(c1ccccc1)c1ccccc1. The van der Waals surface area contributed by atoms with Crippen molar-refractivity contribution in [1.82, 2.24) is 5.43 Å². The van der Waals surface area contributed by atoms with Crippen LogP contribution in [0.5, 0.6) is 0 Å². The molecule has 4 heteroatoms. The normalized spacial score (nSPS) is 11.4. The molecule has 2 rings (SSSR count). The van der Waals surface area contributed by atoms with Crippen LogP contribution in [-0.4, -0.2) is 10.8 Å². The monoisotopic (exact) mass is 283 g/mol. The Morgan fingerprint density at radius 2 is 1.45 bits per heavy atom. The van der Waals surface area contributed by atoms with Gasteiger partial charge in [-0.3, -0.25) is 5.43 Å². The summed E-state index contributed by atoms with van der Waals surface area (Å²) in [5.41, 5.74) is 11.4. The van der Waals surface area contributed by atoms with Crippen LogP contribution in [0.1, 0.15) is 24.0 Å². The second-order valence-electron chi connectivity index (χ2n) is 4.48. The van der Waals surface area contributed by atoms with Crippen LogP contribution in [0, 0.1) is 0 Å². The van der Waals surface area contributed by atoms with Gasteiger partial charge in [-0.2, -0.15) is 5.10 Å². The van der Waals surface area contributed by atoms with Crippen LogP contribution in [-0.2, 0) is 0 Å². The minimum absolute atomic E-state index is 0.0826. The summed E-state index contributed by atoms with van der Waals surface area (Å²) in [6.07, 6.45) is 0. The van der Waals surface area contributed by atoms with Crippen molar-refractivity contribution < 1.29 is 0 Å². The molecule has 0 spiro atoms. The summed E-state index contributed by atoms with van der Waals surface area (Å²) < 4.78 is 0. The van der Waals surface area contributed by atoms with Gasteiger partial charge in [0, 0.05) is 11.6 Å². The molecule has 0 unspecified atom stereocenters. The predicted octanol–water partition coefficient (Wildman–Crippen LogP) is 3.03. The molecule has 0 radical (unpaired) electrons. The zero-order valence-corrected chi connectivity index (χ0v) is 12.1. The molecular formula is C16H17N3S. The van der Waals surface area contributed by atoms with E-state index >= 15 is 0 Å². The number of benzene rings is 2. The van der Waals surface area contributed by atoms with Gasteiger partial charge >= 0.3 is 0 Å². The summed E-state index contributed by atoms with van der Waals surface area (Å²) in [4.78, 5) is 0. The van der Waals surface area contributed by atoms with Gasteiger partial charge in [0.05, 0.1) is 0 Å². The van der Waals surface area contributed by atoms with Crippen LogP contribution in [0.4, 0.5) is 0 Å². The maximum atomic E-state index is 5.43. The summed E-state index contributed by atoms with van der Waals surface area (Å²) in [7, 11) is 0. The second-order valence-corrected chi connectivity index (χ2v) is 4.92. The number of thiocarbonyl (C=S) groups is 1. The topological polar surface area (TPSA) is 50.4 Å². The number of rotatable bonds is 4. The quantitative estimate of drug-likeness (QED) is 0.515. The zero-order valence-electron chi connectivity index (χ0n) is 11.3. The molecule has 0 aliphatic heterocycles. The largest absolute Gasteiger partial charge is 0.375 e. The summed E-state index contributed by atoms with van der Waals surface area (Å²) in [6.45, 7) is 1.97. The highest BCUT2D eigenvalue weighted by atomic mass is 32.1. The van der Waals surface area contributed by atoms with Gasteiger partial charge in [0.1, 0.15) is 0 Å². The fraction of sp³-hybridized carbons (Fsp3) is 0.125. The number of nitrogens with zero attached hydrogens (tertiary/aromatic N) is 1. The van der Waals surface area contributed by atoms with Crippen LogP contribution in [0.15, 0.2) is 65.8 Å². The van der Waals surface area contributed by atoms with Crippen LogP contribution in [0.2, 0.25) is 0 Å². The fourth-order valence-corrected chi connectivity index (χ4v) is 2.22. The molecule has 0 amide bonds. The van der Waals surface area contributed by atoms with Crippen molar-refractivity contribution in [3.05, 3.63) is 71.8 Å². The lowest BCUT2D eigenvalue weighted by molar-refractivity contribution is 0.974. The van der Waals surface area contributed by atoms with Crippen LogP contribution >= 0.6 is 12.2 Å². The average Bonchev–Trinajstić information content (AvgIpc) is 2.48. The number of hydrogen-bond acceptors (Lipinski definition) is 2. The zero-order chi connectivity index (χ0) is 14.4. The molecule has 0 aliphatic carbocycles. The van der Waals surface area contributed by atoms with E-state index in [4.69, 9.17) is 18.0 Å². The maximum Gasteiger partial charge on any atom is 0.184 e. The van der Waals surface area contributed by atoms with Crippen molar-refractivity contribution in [3.8, 4) is 0 Å². The second kappa shape index (κ2) is 6.82. The van der Waals surface area contributed by atoms with Crippen molar-refractivity contribution >= 4 is 23.0 Å². The van der Waals surface area contributed by atoms with Gasteiger partial charge in [-0.25, -0.2) is 0 Å². The van der Waals surface area contributed by atoms with Crippen LogP contribution in [0.25, 0.3) is 0 Å². The van der Waals surface area contributed by atoms with Gasteiger partial charge in [0.25, 0.3) is 0 Å². The molecule has 0 fully saturated rings. The molecule has 0 heterocycles. The van der Waals surface area contributed by atoms with Crippen molar-refractivity contribution in [2.24, 2.45) is 10.8 Å². The van der Waals surface area contributed by atoms with E-state index < -0.39 is 0 Å². The van der Waals surface area contributed by atoms with Gasteiger partial charge in [-0.15, -0.1) is 0 Å². The van der Waals surface area contributed by atoms with Crippen molar-refractivity contribution in [3.63, 3.8) is 0 Å². The molecule has 0 aromatic heterocycles. The van der Waals surface area contributed by atoms with Crippen molar-refractivity contribution in [2.75, 3.05) is 0 Å². The van der Waals surface area contributed by atoms with Crippen molar-refractivity contribution in [2.45, 2.75) is 12.8 Å². The summed E-state index contributed by atoms with van der Waals surface area (Å²) in [5.74, 6) is 0.0826. The highest BCUT2D eigenvalue weighted by Gasteiger charge is 2.17. The lowest BCUT2D eigenvalue weighted by atomic mass is 9.88. The van der Waals surface area contributed by atoms with E-state index in [1.54, 1.807) is 0 Å². The van der Waals surface area contributed by atoms with Crippen LogP contribution < -0.4 is 11.2 Å². The van der Waals surface area contributed by atoms with Crippen molar-refractivity contribution in [1.29, 1.82) is 0 Å². The van der Waals surface area contributed by atoms with Crippen LogP contribution in [0.3, 0.4) is 0 Å². The molecule has 2 aromatic rings. The number of hydrazone groups is 1. The first-order valence-electron chi connectivity index (χ1n) is 6.38. The lowest BCUT2D eigenvalue weighted by Crippen LogP contribution is -2.26. The third kappa shape index (κ3) is 3.65. The Morgan fingerprint density at radius 1 is 1.00 bits per heavy atom. The maximum absolute atomic E-state index is 5.43. The molecule has 0 atom stereocenters. The third-order valence-corrected chi connectivity index (χ3v) is 3.12. The van der Waals surface area contributed by atoms with Gasteiger partial charge in [0.2, 0.25) is 0 Å². The Kier molecular flexibility index (Phi) is 4.85. The van der Waals surface area contributed by atoms with E-state index in [0.717, 1.165) is 5.71 Å². The van der Waals surface area contributed by atoms with E-state index in [1.165, 1.54) is 11.1 Å². The summed E-state index contributed by atoms with van der Waals surface area (Å²) in [6, 6.07) is 20.5. The highest BCUT2D eigenvalue weighted by molar-refractivity contribution is 7.80. The first kappa shape index (κ1) is 14.2. The first-order chi connectivity index (χ1) is 9.68. The highest BCUT2D eigenvalue weighted by Crippen LogP contribution is 2.25. The Hall–Kier alpha value is -2.20. The average molecular weight is 283 g/mol. The number of nitrogens with one attached hydrogen (secondary N) is 1. The molecular weight excluding hydrogens is 266 g/mol. The van der Waals surface area contributed by atoms with Gasteiger partial charge in [0.15, 0.2) is 5.11 Å². The van der Waals surface area contributed by atoms with Gasteiger partial charge in [-0.1, -0.05) is 60.7 Å². The molecule has 3 N–H and O–H groups in total. The molecule has 3 nitrogen and oxygen atoms in total. The van der Waals surface area contributed by atoms with E-state index in [0.29, 0.717) is 0 Å². The predicted molar refractivity (Wildman–Crippen MR) is 87.8 cm³/mol. The standard InChI is InChI=1S/C16H17N3S/c1-12(18-19-16(17)20)15(13-8-4-2-5-9-13)14-10-6-3-7-11-14/h2-11,15H,1H3,(H3,17,19,20). The Labute approximate surface area is 124 Å². The third-order valence-electron chi connectivity index (χ3n) is 3.03. The minimum atomic E-state index is 0.0826. The smallest absolute Gasteiger partial charge is 0.184 e. The van der Waals surface area contributed by atoms with E-state index in [2.05, 4.69) is 34.8 Å². The summed E-state index contributed by atoms with van der Waals surface area (Å²) in [5, 5.41) is 4.45. The molecule has 0 saturated heterocycles. The molecule has 20 heavy (non-hydrogen) atoms. The minimum Gasteiger partial charge on any atom is -0.375 e. The molecule has 0 aliphatic rings. The van der Waals surface area contributed by atoms with Gasteiger partial charge < -0.3 is 5.73 Å².